The number of likely N-dealkylation sites (tertiary alicyclic amines) is 1. The Kier molecular flexibility index (Phi) is 4.33. The average molecular weight is 281 g/mol. The zero-order chi connectivity index (χ0) is 14.7. The van der Waals surface area contributed by atoms with Gasteiger partial charge in [-0.1, -0.05) is 25.0 Å². The number of carbonyl (C=O) groups excluding carboxylic acids is 1. The van der Waals surface area contributed by atoms with E-state index < -0.39 is 12.0 Å². The molecule has 3 N–H and O–H groups in total. The molecule has 0 aromatic carbocycles. The standard InChI is InChI=1S/C12H19N5O3/c1-2-3-4-9(13)11(18)16-5-8(6-16)17-7-10(12(19)20)14-15-17/h7-9H,2-6,13H2,1H3,(H,19,20). The van der Waals surface area contributed by atoms with Gasteiger partial charge < -0.3 is 15.7 Å². The van der Waals surface area contributed by atoms with E-state index >= 15 is 0 Å². The van der Waals surface area contributed by atoms with Crippen LogP contribution < -0.4 is 5.73 Å². The summed E-state index contributed by atoms with van der Waals surface area (Å²) < 4.78 is 1.49. The molecule has 20 heavy (non-hydrogen) atoms. The van der Waals surface area contributed by atoms with Gasteiger partial charge in [-0.25, -0.2) is 9.48 Å². The molecule has 1 aromatic rings. The van der Waals surface area contributed by atoms with Crippen LogP contribution >= 0.6 is 0 Å². The Hall–Kier alpha value is -1.96. The first kappa shape index (κ1) is 14.4. The average Bonchev–Trinajstić information content (AvgIpc) is 2.83. The van der Waals surface area contributed by atoms with Crippen molar-refractivity contribution >= 4 is 11.9 Å². The summed E-state index contributed by atoms with van der Waals surface area (Å²) in [6.45, 7) is 3.06. The highest BCUT2D eigenvalue weighted by atomic mass is 16.4. The zero-order valence-electron chi connectivity index (χ0n) is 11.4. The topological polar surface area (TPSA) is 114 Å². The van der Waals surface area contributed by atoms with Crippen LogP contribution in [0.4, 0.5) is 0 Å². The highest BCUT2D eigenvalue weighted by Gasteiger charge is 2.35. The summed E-state index contributed by atoms with van der Waals surface area (Å²) in [6, 6.07) is -0.459. The number of amides is 1. The minimum atomic E-state index is -1.11. The third kappa shape index (κ3) is 2.96. The van der Waals surface area contributed by atoms with E-state index in [0.29, 0.717) is 19.5 Å². The van der Waals surface area contributed by atoms with Gasteiger partial charge in [-0.05, 0) is 6.42 Å². The molecule has 1 aromatic heterocycles. The van der Waals surface area contributed by atoms with Crippen molar-refractivity contribution in [1.82, 2.24) is 19.9 Å². The second kappa shape index (κ2) is 6.00. The summed E-state index contributed by atoms with van der Waals surface area (Å²) in [6.07, 6.45) is 4.03. The van der Waals surface area contributed by atoms with Crippen LogP contribution in [-0.2, 0) is 4.79 Å². The molecule has 1 atom stereocenters. The predicted octanol–water partition coefficient (Wildman–Crippen LogP) is -0.123. The Balaban J connectivity index is 1.84. The third-order valence-electron chi connectivity index (χ3n) is 3.46. The van der Waals surface area contributed by atoms with E-state index in [2.05, 4.69) is 17.2 Å². The summed E-state index contributed by atoms with van der Waals surface area (Å²) >= 11 is 0. The van der Waals surface area contributed by atoms with Crippen molar-refractivity contribution in [3.05, 3.63) is 11.9 Å². The van der Waals surface area contributed by atoms with Gasteiger partial charge in [0.2, 0.25) is 5.91 Å². The molecule has 1 saturated heterocycles. The van der Waals surface area contributed by atoms with Crippen molar-refractivity contribution < 1.29 is 14.7 Å². The maximum atomic E-state index is 12.0. The van der Waals surface area contributed by atoms with Gasteiger partial charge in [0.25, 0.3) is 0 Å². The molecular formula is C12H19N5O3. The van der Waals surface area contributed by atoms with Crippen LogP contribution in [0, 0.1) is 0 Å². The van der Waals surface area contributed by atoms with Gasteiger partial charge in [-0.2, -0.15) is 0 Å². The molecule has 1 amide bonds. The number of aromatic nitrogens is 3. The fraction of sp³-hybridized carbons (Fsp3) is 0.667. The molecule has 1 aliphatic heterocycles. The normalized spacial score (nSPS) is 16.8. The largest absolute Gasteiger partial charge is 0.476 e. The molecule has 2 heterocycles. The van der Waals surface area contributed by atoms with Gasteiger partial charge >= 0.3 is 5.97 Å². The number of carbonyl (C=O) groups is 2. The summed E-state index contributed by atoms with van der Waals surface area (Å²) in [4.78, 5) is 24.4. The molecule has 1 fully saturated rings. The van der Waals surface area contributed by atoms with Gasteiger partial charge in [0.05, 0.1) is 18.3 Å². The maximum absolute atomic E-state index is 12.0. The Morgan fingerprint density at radius 3 is 2.80 bits per heavy atom. The number of rotatable bonds is 6. The number of hydrogen-bond acceptors (Lipinski definition) is 5. The molecule has 8 nitrogen and oxygen atoms in total. The monoisotopic (exact) mass is 281 g/mol. The molecule has 8 heteroatoms. The number of nitrogens with zero attached hydrogens (tertiary/aromatic N) is 4. The lowest BCUT2D eigenvalue weighted by atomic mass is 10.0. The van der Waals surface area contributed by atoms with E-state index in [9.17, 15) is 9.59 Å². The Bertz CT molecular complexity index is 495. The van der Waals surface area contributed by atoms with Crippen LogP contribution in [0.15, 0.2) is 6.20 Å². The number of aromatic carboxylic acids is 1. The first-order chi connectivity index (χ1) is 9.52. The van der Waals surface area contributed by atoms with Gasteiger partial charge in [0, 0.05) is 13.1 Å². The van der Waals surface area contributed by atoms with E-state index in [1.165, 1.54) is 10.9 Å². The highest BCUT2D eigenvalue weighted by molar-refractivity contribution is 5.84. The first-order valence-electron chi connectivity index (χ1n) is 6.72. The van der Waals surface area contributed by atoms with Crippen LogP contribution in [-0.4, -0.2) is 56.0 Å². The smallest absolute Gasteiger partial charge is 0.358 e. The van der Waals surface area contributed by atoms with E-state index in [0.717, 1.165) is 12.8 Å². The van der Waals surface area contributed by atoms with Crippen LogP contribution in [0.1, 0.15) is 42.7 Å². The molecule has 0 aliphatic carbocycles. The lowest BCUT2D eigenvalue weighted by Crippen LogP contribution is -2.55. The first-order valence-corrected chi connectivity index (χ1v) is 6.72. The van der Waals surface area contributed by atoms with Crippen molar-refractivity contribution in [2.45, 2.75) is 38.3 Å². The fourth-order valence-electron chi connectivity index (χ4n) is 2.14. The van der Waals surface area contributed by atoms with Gasteiger partial charge in [0.15, 0.2) is 5.69 Å². The van der Waals surface area contributed by atoms with E-state index in [4.69, 9.17) is 10.8 Å². The summed E-state index contributed by atoms with van der Waals surface area (Å²) in [7, 11) is 0. The van der Waals surface area contributed by atoms with Crippen molar-refractivity contribution in [2.24, 2.45) is 5.73 Å². The predicted molar refractivity (Wildman–Crippen MR) is 70.1 cm³/mol. The van der Waals surface area contributed by atoms with Gasteiger partial charge in [-0.15, -0.1) is 5.10 Å². The van der Waals surface area contributed by atoms with Gasteiger partial charge in [0.1, 0.15) is 0 Å². The molecule has 0 radical (unpaired) electrons. The molecule has 0 spiro atoms. The van der Waals surface area contributed by atoms with E-state index in [1.54, 1.807) is 4.90 Å². The molecule has 110 valence electrons. The van der Waals surface area contributed by atoms with Crippen LogP contribution in [0.5, 0.6) is 0 Å². The highest BCUT2D eigenvalue weighted by Crippen LogP contribution is 2.21. The lowest BCUT2D eigenvalue weighted by Gasteiger charge is -2.40. The maximum Gasteiger partial charge on any atom is 0.358 e. The Labute approximate surface area is 116 Å². The minimum Gasteiger partial charge on any atom is -0.476 e. The summed E-state index contributed by atoms with van der Waals surface area (Å²) in [5, 5.41) is 16.1. The molecule has 1 unspecified atom stereocenters. The molecular weight excluding hydrogens is 262 g/mol. The Morgan fingerprint density at radius 2 is 2.25 bits per heavy atom. The second-order valence-corrected chi connectivity index (χ2v) is 5.03. The fourth-order valence-corrected chi connectivity index (χ4v) is 2.14. The van der Waals surface area contributed by atoms with Crippen molar-refractivity contribution in [3.8, 4) is 0 Å². The van der Waals surface area contributed by atoms with Crippen LogP contribution in [0.3, 0.4) is 0 Å². The molecule has 0 saturated carbocycles. The summed E-state index contributed by atoms with van der Waals surface area (Å²) in [5.74, 6) is -1.15. The van der Waals surface area contributed by atoms with E-state index in [1.807, 2.05) is 0 Å². The number of carboxylic acid groups (broad SMARTS) is 1. The number of unbranched alkanes of at least 4 members (excludes halogenated alkanes) is 1. The SMILES string of the molecule is CCCCC(N)C(=O)N1CC(n2cc(C(=O)O)nn2)C1. The molecule has 1 aliphatic rings. The number of hydrogen-bond donors (Lipinski definition) is 2. The number of nitrogens with two attached hydrogens (primary N) is 1. The quantitative estimate of drug-likeness (QED) is 0.751. The van der Waals surface area contributed by atoms with Crippen molar-refractivity contribution in [2.75, 3.05) is 13.1 Å². The Morgan fingerprint density at radius 1 is 1.55 bits per heavy atom. The second-order valence-electron chi connectivity index (χ2n) is 5.03. The summed E-state index contributed by atoms with van der Waals surface area (Å²) in [5.41, 5.74) is 5.75. The van der Waals surface area contributed by atoms with Crippen LogP contribution in [0.25, 0.3) is 0 Å². The van der Waals surface area contributed by atoms with E-state index in [-0.39, 0.29) is 17.6 Å². The minimum absolute atomic E-state index is 0.0158. The van der Waals surface area contributed by atoms with Crippen LogP contribution in [0.2, 0.25) is 0 Å². The van der Waals surface area contributed by atoms with Gasteiger partial charge in [-0.3, -0.25) is 4.79 Å². The molecule has 2 rings (SSSR count). The molecule has 0 bridgehead atoms. The van der Waals surface area contributed by atoms with Crippen molar-refractivity contribution in [1.29, 1.82) is 0 Å². The number of carboxylic acids is 1. The third-order valence-corrected chi connectivity index (χ3v) is 3.46. The van der Waals surface area contributed by atoms with Crippen molar-refractivity contribution in [3.63, 3.8) is 0 Å². The zero-order valence-corrected chi connectivity index (χ0v) is 11.4. The lowest BCUT2D eigenvalue weighted by molar-refractivity contribution is -0.138.